The molecule has 28 heavy (non-hydrogen) atoms. The Morgan fingerprint density at radius 3 is 2.46 bits per heavy atom. The van der Waals surface area contributed by atoms with Gasteiger partial charge in [-0.15, -0.1) is 0 Å². The fourth-order valence-electron chi connectivity index (χ4n) is 2.85. The highest BCUT2D eigenvalue weighted by atomic mass is 35.5. The first-order valence-electron chi connectivity index (χ1n) is 8.52. The van der Waals surface area contributed by atoms with Crippen molar-refractivity contribution in [3.63, 3.8) is 0 Å². The van der Waals surface area contributed by atoms with Crippen molar-refractivity contribution in [2.24, 2.45) is 0 Å². The largest absolute Gasteiger partial charge is 0.457 e. The molecule has 0 bridgehead atoms. The molecule has 1 heterocycles. The van der Waals surface area contributed by atoms with Crippen LogP contribution in [0.15, 0.2) is 36.4 Å². The Morgan fingerprint density at radius 2 is 1.75 bits per heavy atom. The van der Waals surface area contributed by atoms with Gasteiger partial charge in [-0.05, 0) is 42.3 Å². The summed E-state index contributed by atoms with van der Waals surface area (Å²) in [6.07, 6.45) is 0.542. The quantitative estimate of drug-likeness (QED) is 0.384. The third-order valence-corrected chi connectivity index (χ3v) is 5.03. The number of rotatable bonds is 7. The van der Waals surface area contributed by atoms with Crippen molar-refractivity contribution in [3.05, 3.63) is 68.7 Å². The summed E-state index contributed by atoms with van der Waals surface area (Å²) in [5.41, 5.74) is 1.35. The van der Waals surface area contributed by atoms with Gasteiger partial charge in [0.1, 0.15) is 6.61 Å². The first kappa shape index (κ1) is 20.3. The van der Waals surface area contributed by atoms with Crippen molar-refractivity contribution < 1.29 is 23.9 Å². The van der Waals surface area contributed by atoms with Gasteiger partial charge in [-0.2, -0.15) is 0 Å². The summed E-state index contributed by atoms with van der Waals surface area (Å²) in [5, 5.41) is 0.777. The van der Waals surface area contributed by atoms with Crippen LogP contribution in [0.3, 0.4) is 0 Å². The minimum atomic E-state index is -0.605. The number of carbonyl (C=O) groups excluding carboxylic acids is 3. The lowest BCUT2D eigenvalue weighted by atomic mass is 10.1. The number of methoxy groups -OCH3 is 1. The molecule has 3 rings (SSSR count). The summed E-state index contributed by atoms with van der Waals surface area (Å²) in [5.74, 6) is -1.39. The highest BCUT2D eigenvalue weighted by Crippen LogP contribution is 2.25. The summed E-state index contributed by atoms with van der Waals surface area (Å²) < 4.78 is 10.2. The molecule has 0 unspecified atom stereocenters. The van der Waals surface area contributed by atoms with Crippen molar-refractivity contribution in [3.8, 4) is 0 Å². The highest BCUT2D eigenvalue weighted by molar-refractivity contribution is 6.42. The summed E-state index contributed by atoms with van der Waals surface area (Å²) in [6.45, 7) is 0.708. The zero-order valence-corrected chi connectivity index (χ0v) is 16.5. The normalized spacial score (nSPS) is 13.0. The van der Waals surface area contributed by atoms with Crippen LogP contribution in [-0.2, 0) is 16.1 Å². The second-order valence-electron chi connectivity index (χ2n) is 6.19. The van der Waals surface area contributed by atoms with E-state index < -0.39 is 11.9 Å². The molecule has 2 amide bonds. The Balaban J connectivity index is 1.70. The van der Waals surface area contributed by atoms with Gasteiger partial charge in [-0.1, -0.05) is 29.3 Å². The maximum atomic E-state index is 12.5. The summed E-state index contributed by atoms with van der Waals surface area (Å²) in [6, 6.07) is 9.26. The van der Waals surface area contributed by atoms with E-state index in [2.05, 4.69) is 0 Å². The molecule has 0 fully saturated rings. The van der Waals surface area contributed by atoms with Gasteiger partial charge in [0.15, 0.2) is 0 Å². The topological polar surface area (TPSA) is 72.9 Å². The predicted octanol–water partition coefficient (Wildman–Crippen LogP) is 3.98. The molecule has 0 atom stereocenters. The first-order valence-corrected chi connectivity index (χ1v) is 9.28. The monoisotopic (exact) mass is 421 g/mol. The lowest BCUT2D eigenvalue weighted by molar-refractivity contribution is 0.0472. The number of amides is 2. The van der Waals surface area contributed by atoms with E-state index in [9.17, 15) is 14.4 Å². The van der Waals surface area contributed by atoms with Crippen molar-refractivity contribution in [1.82, 2.24) is 4.90 Å². The van der Waals surface area contributed by atoms with E-state index in [0.29, 0.717) is 28.6 Å². The van der Waals surface area contributed by atoms with Gasteiger partial charge < -0.3 is 9.47 Å². The SMILES string of the molecule is COCCCN1C(=O)c2ccc(C(=O)OCc3ccc(Cl)c(Cl)c3)cc2C1=O. The molecular weight excluding hydrogens is 405 g/mol. The van der Waals surface area contributed by atoms with Crippen LogP contribution < -0.4 is 0 Å². The number of ether oxygens (including phenoxy) is 2. The zero-order valence-electron chi connectivity index (χ0n) is 15.0. The van der Waals surface area contributed by atoms with E-state index in [1.54, 1.807) is 25.3 Å². The molecule has 0 spiro atoms. The van der Waals surface area contributed by atoms with Crippen molar-refractivity contribution in [2.45, 2.75) is 13.0 Å². The van der Waals surface area contributed by atoms with E-state index in [4.69, 9.17) is 32.7 Å². The summed E-state index contributed by atoms with van der Waals surface area (Å²) in [4.78, 5) is 38.4. The fourth-order valence-corrected chi connectivity index (χ4v) is 3.17. The van der Waals surface area contributed by atoms with E-state index in [0.717, 1.165) is 4.90 Å². The summed E-state index contributed by atoms with van der Waals surface area (Å²) >= 11 is 11.8. The van der Waals surface area contributed by atoms with Crippen LogP contribution in [0.25, 0.3) is 0 Å². The van der Waals surface area contributed by atoms with E-state index in [1.807, 2.05) is 0 Å². The smallest absolute Gasteiger partial charge is 0.338 e. The lowest BCUT2D eigenvalue weighted by Crippen LogP contribution is -2.31. The third kappa shape index (κ3) is 4.19. The third-order valence-electron chi connectivity index (χ3n) is 4.29. The molecule has 0 radical (unpaired) electrons. The lowest BCUT2D eigenvalue weighted by Gasteiger charge is -2.12. The Morgan fingerprint density at radius 1 is 1.00 bits per heavy atom. The Bertz CT molecular complexity index is 944. The number of hydrogen-bond donors (Lipinski definition) is 0. The highest BCUT2D eigenvalue weighted by Gasteiger charge is 2.35. The van der Waals surface area contributed by atoms with Gasteiger partial charge in [0.05, 0.1) is 26.7 Å². The minimum Gasteiger partial charge on any atom is -0.457 e. The molecule has 0 saturated carbocycles. The molecule has 0 aliphatic carbocycles. The molecule has 0 saturated heterocycles. The van der Waals surface area contributed by atoms with Crippen LogP contribution in [0.2, 0.25) is 10.0 Å². The van der Waals surface area contributed by atoms with Crippen molar-refractivity contribution in [2.75, 3.05) is 20.3 Å². The van der Waals surface area contributed by atoms with Gasteiger partial charge in [0, 0.05) is 20.3 Å². The average molecular weight is 422 g/mol. The van der Waals surface area contributed by atoms with Gasteiger partial charge in [0.2, 0.25) is 0 Å². The fraction of sp³-hybridized carbons (Fsp3) is 0.250. The van der Waals surface area contributed by atoms with E-state index in [1.165, 1.54) is 18.2 Å². The second-order valence-corrected chi connectivity index (χ2v) is 7.01. The molecule has 2 aromatic carbocycles. The molecule has 0 aromatic heterocycles. The van der Waals surface area contributed by atoms with Crippen LogP contribution in [0.4, 0.5) is 0 Å². The van der Waals surface area contributed by atoms with Crippen molar-refractivity contribution >= 4 is 41.0 Å². The van der Waals surface area contributed by atoms with Gasteiger partial charge in [0.25, 0.3) is 11.8 Å². The molecule has 6 nitrogen and oxygen atoms in total. The van der Waals surface area contributed by atoms with Gasteiger partial charge in [-0.3, -0.25) is 14.5 Å². The van der Waals surface area contributed by atoms with Crippen LogP contribution in [0.1, 0.15) is 43.1 Å². The standard InChI is InChI=1S/C20H17Cl2NO5/c1-27-8-2-7-23-18(24)14-5-4-13(10-15(14)19(23)25)20(26)28-11-12-3-6-16(21)17(22)9-12/h3-6,9-10H,2,7-8,11H2,1H3. The van der Waals surface area contributed by atoms with Crippen LogP contribution in [0, 0.1) is 0 Å². The second kappa shape index (κ2) is 8.73. The minimum absolute atomic E-state index is 0.00280. The molecule has 8 heteroatoms. The molecule has 0 N–H and O–H groups in total. The van der Waals surface area contributed by atoms with Crippen LogP contribution in [0.5, 0.6) is 0 Å². The number of fused-ring (bicyclic) bond motifs is 1. The maximum Gasteiger partial charge on any atom is 0.338 e. The van der Waals surface area contributed by atoms with Crippen LogP contribution >= 0.6 is 23.2 Å². The Kier molecular flexibility index (Phi) is 6.34. The average Bonchev–Trinajstić information content (AvgIpc) is 2.93. The summed E-state index contributed by atoms with van der Waals surface area (Å²) in [7, 11) is 1.55. The van der Waals surface area contributed by atoms with Gasteiger partial charge in [-0.25, -0.2) is 4.79 Å². The number of hydrogen-bond acceptors (Lipinski definition) is 5. The number of esters is 1. The number of halogens is 2. The number of carbonyl (C=O) groups is 3. The Hall–Kier alpha value is -2.41. The molecule has 2 aromatic rings. The van der Waals surface area contributed by atoms with Gasteiger partial charge >= 0.3 is 5.97 Å². The Labute approximate surface area is 171 Å². The van der Waals surface area contributed by atoms with Crippen molar-refractivity contribution in [1.29, 1.82) is 0 Å². The molecular formula is C20H17Cl2NO5. The van der Waals surface area contributed by atoms with E-state index >= 15 is 0 Å². The molecule has 1 aliphatic rings. The van der Waals surface area contributed by atoms with E-state index in [-0.39, 0.29) is 35.7 Å². The first-order chi connectivity index (χ1) is 13.4. The number of imide groups is 1. The zero-order chi connectivity index (χ0) is 20.3. The molecule has 146 valence electrons. The number of nitrogens with zero attached hydrogens (tertiary/aromatic N) is 1. The molecule has 1 aliphatic heterocycles. The predicted molar refractivity (Wildman–Crippen MR) is 104 cm³/mol. The van der Waals surface area contributed by atoms with Crippen LogP contribution in [-0.4, -0.2) is 42.9 Å². The number of benzene rings is 2. The maximum absolute atomic E-state index is 12.5.